The summed E-state index contributed by atoms with van der Waals surface area (Å²) < 4.78 is 18.7. The van der Waals surface area contributed by atoms with Gasteiger partial charge in [0.1, 0.15) is 11.6 Å². The number of hydrogen-bond acceptors (Lipinski definition) is 3. The van der Waals surface area contributed by atoms with Gasteiger partial charge in [0.25, 0.3) is 0 Å². The first-order valence-corrected chi connectivity index (χ1v) is 7.03. The fraction of sp³-hybridized carbons (Fsp3) is 0.600. The van der Waals surface area contributed by atoms with Crippen LogP contribution >= 0.6 is 0 Å². The highest BCUT2D eigenvalue weighted by Gasteiger charge is 2.27. The third-order valence-electron chi connectivity index (χ3n) is 3.92. The highest BCUT2D eigenvalue weighted by atomic mass is 19.1. The predicted octanol–water partition coefficient (Wildman–Crippen LogP) is 2.80. The maximum absolute atomic E-state index is 13.3. The molecule has 2 atom stereocenters. The molecule has 1 aromatic carbocycles. The molecule has 1 heterocycles. The second kappa shape index (κ2) is 6.24. The number of methoxy groups -OCH3 is 1. The van der Waals surface area contributed by atoms with E-state index in [0.717, 1.165) is 31.6 Å². The molecular weight excluding hydrogens is 243 g/mol. The zero-order valence-corrected chi connectivity index (χ0v) is 11.9. The lowest BCUT2D eigenvalue weighted by atomic mass is 10.0. The van der Waals surface area contributed by atoms with E-state index in [0.29, 0.717) is 17.8 Å². The average Bonchev–Trinajstić information content (AvgIpc) is 2.46. The SMILES string of the molecule is CCC1CN(c2ccc(F)cc2OC)C(CC)CN1. The fourth-order valence-electron chi connectivity index (χ4n) is 2.69. The number of ether oxygens (including phenoxy) is 1. The van der Waals surface area contributed by atoms with Gasteiger partial charge in [0.2, 0.25) is 0 Å². The minimum atomic E-state index is -0.254. The van der Waals surface area contributed by atoms with Gasteiger partial charge in [-0.15, -0.1) is 0 Å². The molecule has 0 aromatic heterocycles. The number of piperazine rings is 1. The molecule has 4 heteroatoms. The maximum atomic E-state index is 13.3. The van der Waals surface area contributed by atoms with E-state index in [1.54, 1.807) is 7.11 Å². The Morgan fingerprint density at radius 2 is 2.16 bits per heavy atom. The Morgan fingerprint density at radius 3 is 2.79 bits per heavy atom. The van der Waals surface area contributed by atoms with Gasteiger partial charge < -0.3 is 15.0 Å². The molecule has 2 unspecified atom stereocenters. The lowest BCUT2D eigenvalue weighted by Crippen LogP contribution is -2.56. The molecule has 106 valence electrons. The zero-order chi connectivity index (χ0) is 13.8. The molecule has 0 amide bonds. The van der Waals surface area contributed by atoms with E-state index in [4.69, 9.17) is 4.74 Å². The first-order valence-electron chi connectivity index (χ1n) is 7.03. The van der Waals surface area contributed by atoms with E-state index in [1.165, 1.54) is 12.1 Å². The van der Waals surface area contributed by atoms with Crippen molar-refractivity contribution in [3.63, 3.8) is 0 Å². The molecule has 1 aliphatic rings. The Morgan fingerprint density at radius 1 is 1.37 bits per heavy atom. The lowest BCUT2D eigenvalue weighted by molar-refractivity contribution is 0.368. The molecule has 1 fully saturated rings. The minimum Gasteiger partial charge on any atom is -0.494 e. The van der Waals surface area contributed by atoms with Crippen molar-refractivity contribution in [3.05, 3.63) is 24.0 Å². The topological polar surface area (TPSA) is 24.5 Å². The van der Waals surface area contributed by atoms with Gasteiger partial charge in [0.15, 0.2) is 0 Å². The number of hydrogen-bond donors (Lipinski definition) is 1. The van der Waals surface area contributed by atoms with Crippen molar-refractivity contribution in [3.8, 4) is 5.75 Å². The summed E-state index contributed by atoms with van der Waals surface area (Å²) >= 11 is 0. The molecule has 0 saturated carbocycles. The van der Waals surface area contributed by atoms with Crippen LogP contribution in [-0.2, 0) is 0 Å². The van der Waals surface area contributed by atoms with Crippen LogP contribution in [0.2, 0.25) is 0 Å². The molecule has 1 aromatic rings. The van der Waals surface area contributed by atoms with Crippen molar-refractivity contribution < 1.29 is 9.13 Å². The van der Waals surface area contributed by atoms with Gasteiger partial charge in [-0.1, -0.05) is 13.8 Å². The van der Waals surface area contributed by atoms with Crippen molar-refractivity contribution in [1.82, 2.24) is 5.32 Å². The second-order valence-electron chi connectivity index (χ2n) is 5.04. The van der Waals surface area contributed by atoms with Gasteiger partial charge in [-0.3, -0.25) is 0 Å². The van der Waals surface area contributed by atoms with Crippen LogP contribution in [0.1, 0.15) is 26.7 Å². The number of anilines is 1. The Kier molecular flexibility index (Phi) is 4.64. The maximum Gasteiger partial charge on any atom is 0.145 e. The summed E-state index contributed by atoms with van der Waals surface area (Å²) in [6.07, 6.45) is 2.15. The van der Waals surface area contributed by atoms with Crippen LogP contribution in [-0.4, -0.2) is 32.3 Å². The van der Waals surface area contributed by atoms with E-state index in [1.807, 2.05) is 6.07 Å². The number of rotatable bonds is 4. The van der Waals surface area contributed by atoms with Gasteiger partial charge in [0, 0.05) is 31.2 Å². The van der Waals surface area contributed by atoms with Crippen LogP contribution in [0.3, 0.4) is 0 Å². The third-order valence-corrected chi connectivity index (χ3v) is 3.92. The predicted molar refractivity (Wildman–Crippen MR) is 76.5 cm³/mol. The number of nitrogens with one attached hydrogen (secondary N) is 1. The van der Waals surface area contributed by atoms with Crippen molar-refractivity contribution >= 4 is 5.69 Å². The fourth-order valence-corrected chi connectivity index (χ4v) is 2.69. The quantitative estimate of drug-likeness (QED) is 0.907. The van der Waals surface area contributed by atoms with Gasteiger partial charge >= 0.3 is 0 Å². The Balaban J connectivity index is 2.30. The summed E-state index contributed by atoms with van der Waals surface area (Å²) in [5, 5.41) is 3.56. The molecular formula is C15H23FN2O. The lowest BCUT2D eigenvalue weighted by Gasteiger charge is -2.42. The van der Waals surface area contributed by atoms with E-state index in [-0.39, 0.29) is 5.82 Å². The van der Waals surface area contributed by atoms with Crippen LogP contribution in [0.5, 0.6) is 5.75 Å². The first-order chi connectivity index (χ1) is 9.19. The van der Waals surface area contributed by atoms with Crippen LogP contribution in [0.25, 0.3) is 0 Å². The molecule has 0 aliphatic carbocycles. The normalized spacial score (nSPS) is 23.5. The van der Waals surface area contributed by atoms with E-state index in [9.17, 15) is 4.39 Å². The summed E-state index contributed by atoms with van der Waals surface area (Å²) in [4.78, 5) is 2.35. The van der Waals surface area contributed by atoms with Gasteiger partial charge in [-0.05, 0) is 25.0 Å². The summed E-state index contributed by atoms with van der Waals surface area (Å²) in [6, 6.07) is 5.72. The Hall–Kier alpha value is -1.29. The summed E-state index contributed by atoms with van der Waals surface area (Å²) in [5.74, 6) is 0.367. The molecule has 0 bridgehead atoms. The number of nitrogens with zero attached hydrogens (tertiary/aromatic N) is 1. The molecule has 1 aliphatic heterocycles. The second-order valence-corrected chi connectivity index (χ2v) is 5.04. The van der Waals surface area contributed by atoms with Crippen LogP contribution < -0.4 is 15.0 Å². The van der Waals surface area contributed by atoms with Crippen molar-refractivity contribution in [2.45, 2.75) is 38.8 Å². The highest BCUT2D eigenvalue weighted by molar-refractivity contribution is 5.59. The van der Waals surface area contributed by atoms with Crippen molar-refractivity contribution in [1.29, 1.82) is 0 Å². The van der Waals surface area contributed by atoms with Crippen molar-refractivity contribution in [2.75, 3.05) is 25.1 Å². The summed E-state index contributed by atoms with van der Waals surface area (Å²) in [7, 11) is 1.60. The Bertz CT molecular complexity index is 425. The Labute approximate surface area is 114 Å². The first kappa shape index (κ1) is 14.1. The molecule has 1 N–H and O–H groups in total. The molecule has 1 saturated heterocycles. The van der Waals surface area contributed by atoms with E-state index < -0.39 is 0 Å². The molecule has 0 radical (unpaired) electrons. The van der Waals surface area contributed by atoms with E-state index in [2.05, 4.69) is 24.1 Å². The van der Waals surface area contributed by atoms with Crippen molar-refractivity contribution in [2.24, 2.45) is 0 Å². The zero-order valence-electron chi connectivity index (χ0n) is 11.9. The standard InChI is InChI=1S/C15H23FN2O/c1-4-12-10-18(13(5-2)9-17-12)14-7-6-11(16)8-15(14)19-3/h6-8,12-13,17H,4-5,9-10H2,1-3H3. The average molecular weight is 266 g/mol. The van der Waals surface area contributed by atoms with Crippen LogP contribution in [0.15, 0.2) is 18.2 Å². The molecule has 0 spiro atoms. The molecule has 19 heavy (non-hydrogen) atoms. The number of halogens is 1. The summed E-state index contributed by atoms with van der Waals surface area (Å²) in [5.41, 5.74) is 0.996. The van der Waals surface area contributed by atoms with Gasteiger partial charge in [0.05, 0.1) is 12.8 Å². The van der Waals surface area contributed by atoms with E-state index >= 15 is 0 Å². The monoisotopic (exact) mass is 266 g/mol. The van der Waals surface area contributed by atoms with Crippen LogP contribution in [0, 0.1) is 5.82 Å². The molecule has 3 nitrogen and oxygen atoms in total. The summed E-state index contributed by atoms with van der Waals surface area (Å²) in [6.45, 7) is 6.28. The van der Waals surface area contributed by atoms with Gasteiger partial charge in [-0.25, -0.2) is 4.39 Å². The smallest absolute Gasteiger partial charge is 0.145 e. The van der Waals surface area contributed by atoms with Gasteiger partial charge in [-0.2, -0.15) is 0 Å². The largest absolute Gasteiger partial charge is 0.494 e. The number of benzene rings is 1. The third kappa shape index (κ3) is 3.00. The minimum absolute atomic E-state index is 0.254. The van der Waals surface area contributed by atoms with Crippen LogP contribution in [0.4, 0.5) is 10.1 Å². The molecule has 2 rings (SSSR count). The highest BCUT2D eigenvalue weighted by Crippen LogP contribution is 2.32.